The van der Waals surface area contributed by atoms with Gasteiger partial charge in [-0.2, -0.15) is 4.99 Å². The van der Waals surface area contributed by atoms with Crippen molar-refractivity contribution in [2.24, 2.45) is 4.99 Å². The zero-order chi connectivity index (χ0) is 17.3. The Bertz CT molecular complexity index is 983. The van der Waals surface area contributed by atoms with Crippen LogP contribution in [0.5, 0.6) is 5.75 Å². The standard InChI is InChI=1S/C19H20N2O2S/c1-5-21-15-11-12(2)10-13(3)17(15)24-19(21)20-18(22)14-8-6-7-9-16(14)23-4/h6-11H,5H2,1-4H3. The van der Waals surface area contributed by atoms with E-state index in [-0.39, 0.29) is 5.91 Å². The smallest absolute Gasteiger partial charge is 0.283 e. The number of thiazole rings is 1. The van der Waals surface area contributed by atoms with Crippen molar-refractivity contribution < 1.29 is 9.53 Å². The normalized spacial score (nSPS) is 11.9. The third-order valence-corrected chi connectivity index (χ3v) is 5.19. The van der Waals surface area contributed by atoms with Gasteiger partial charge in [0, 0.05) is 6.54 Å². The first-order valence-corrected chi connectivity index (χ1v) is 8.69. The number of nitrogens with zero attached hydrogens (tertiary/aromatic N) is 2. The predicted molar refractivity (Wildman–Crippen MR) is 97.9 cm³/mol. The number of carbonyl (C=O) groups is 1. The van der Waals surface area contributed by atoms with Crippen LogP contribution in [-0.4, -0.2) is 17.6 Å². The van der Waals surface area contributed by atoms with Crippen molar-refractivity contribution in [1.82, 2.24) is 4.57 Å². The molecule has 0 bridgehead atoms. The van der Waals surface area contributed by atoms with Crippen LogP contribution in [0.3, 0.4) is 0 Å². The number of hydrogen-bond donors (Lipinski definition) is 0. The lowest BCUT2D eigenvalue weighted by Gasteiger charge is -2.04. The molecule has 0 atom stereocenters. The van der Waals surface area contributed by atoms with Gasteiger partial charge in [-0.1, -0.05) is 29.5 Å². The summed E-state index contributed by atoms with van der Waals surface area (Å²) in [4.78, 5) is 17.7. The van der Waals surface area contributed by atoms with Crippen molar-refractivity contribution in [2.45, 2.75) is 27.3 Å². The number of methoxy groups -OCH3 is 1. The highest BCUT2D eigenvalue weighted by atomic mass is 32.1. The highest BCUT2D eigenvalue weighted by Gasteiger charge is 2.13. The lowest BCUT2D eigenvalue weighted by Crippen LogP contribution is -2.16. The highest BCUT2D eigenvalue weighted by molar-refractivity contribution is 7.16. The van der Waals surface area contributed by atoms with Gasteiger partial charge >= 0.3 is 0 Å². The van der Waals surface area contributed by atoms with Crippen LogP contribution in [0.2, 0.25) is 0 Å². The molecule has 4 nitrogen and oxygen atoms in total. The molecule has 0 N–H and O–H groups in total. The third kappa shape index (κ3) is 2.87. The van der Waals surface area contributed by atoms with Crippen molar-refractivity contribution in [3.63, 3.8) is 0 Å². The molecule has 3 aromatic rings. The van der Waals surface area contributed by atoms with Crippen LogP contribution in [0.1, 0.15) is 28.4 Å². The van der Waals surface area contributed by atoms with E-state index in [4.69, 9.17) is 4.74 Å². The van der Waals surface area contributed by atoms with Crippen LogP contribution in [-0.2, 0) is 6.54 Å². The van der Waals surface area contributed by atoms with Crippen molar-refractivity contribution in [3.05, 3.63) is 57.9 Å². The van der Waals surface area contributed by atoms with Gasteiger partial charge in [0.05, 0.1) is 22.9 Å². The average molecular weight is 340 g/mol. The summed E-state index contributed by atoms with van der Waals surface area (Å²) in [6, 6.07) is 11.5. The quantitative estimate of drug-likeness (QED) is 0.721. The predicted octanol–water partition coefficient (Wildman–Crippen LogP) is 4.09. The lowest BCUT2D eigenvalue weighted by molar-refractivity contribution is 0.0995. The number of benzene rings is 2. The fourth-order valence-electron chi connectivity index (χ4n) is 2.87. The molecule has 0 fully saturated rings. The Balaban J connectivity index is 2.20. The second kappa shape index (κ2) is 6.61. The van der Waals surface area contributed by atoms with Crippen LogP contribution in [0.15, 0.2) is 41.4 Å². The maximum absolute atomic E-state index is 12.6. The first kappa shape index (κ1) is 16.5. The van der Waals surface area contributed by atoms with Crippen molar-refractivity contribution >= 4 is 27.5 Å². The maximum atomic E-state index is 12.6. The Hall–Kier alpha value is -2.40. The number of ether oxygens (including phenoxy) is 1. The van der Waals surface area contributed by atoms with Crippen molar-refractivity contribution in [2.75, 3.05) is 7.11 Å². The molecule has 0 saturated heterocycles. The molecule has 1 heterocycles. The molecule has 1 aromatic heterocycles. The van der Waals surface area contributed by atoms with Gasteiger partial charge in [-0.05, 0) is 50.1 Å². The van der Waals surface area contributed by atoms with Crippen LogP contribution in [0, 0.1) is 13.8 Å². The number of aromatic nitrogens is 1. The molecular weight excluding hydrogens is 320 g/mol. The molecule has 0 spiro atoms. The summed E-state index contributed by atoms with van der Waals surface area (Å²) >= 11 is 1.55. The Morgan fingerprint density at radius 2 is 2.00 bits per heavy atom. The van der Waals surface area contributed by atoms with Gasteiger partial charge in [-0.3, -0.25) is 4.79 Å². The summed E-state index contributed by atoms with van der Waals surface area (Å²) in [5.74, 6) is 0.262. The first-order chi connectivity index (χ1) is 11.5. The van der Waals surface area contributed by atoms with Gasteiger partial charge in [-0.15, -0.1) is 0 Å². The van der Waals surface area contributed by atoms with Crippen LogP contribution in [0.25, 0.3) is 10.2 Å². The molecule has 0 radical (unpaired) electrons. The third-order valence-electron chi connectivity index (χ3n) is 3.97. The number of para-hydroxylation sites is 1. The first-order valence-electron chi connectivity index (χ1n) is 7.87. The Morgan fingerprint density at radius 3 is 2.71 bits per heavy atom. The van der Waals surface area contributed by atoms with Crippen molar-refractivity contribution in [1.29, 1.82) is 0 Å². The molecular formula is C19H20N2O2S. The van der Waals surface area contributed by atoms with E-state index >= 15 is 0 Å². The largest absolute Gasteiger partial charge is 0.496 e. The van der Waals surface area contributed by atoms with E-state index in [2.05, 4.69) is 42.5 Å². The van der Waals surface area contributed by atoms with E-state index < -0.39 is 0 Å². The fourth-order valence-corrected chi connectivity index (χ4v) is 4.01. The topological polar surface area (TPSA) is 43.6 Å². The van der Waals surface area contributed by atoms with E-state index in [9.17, 15) is 4.79 Å². The van der Waals surface area contributed by atoms with Crippen LogP contribution in [0.4, 0.5) is 0 Å². The highest BCUT2D eigenvalue weighted by Crippen LogP contribution is 2.24. The summed E-state index contributed by atoms with van der Waals surface area (Å²) in [6.45, 7) is 7.01. The monoisotopic (exact) mass is 340 g/mol. The minimum Gasteiger partial charge on any atom is -0.496 e. The molecule has 0 saturated carbocycles. The zero-order valence-corrected chi connectivity index (χ0v) is 15.1. The number of rotatable bonds is 3. The van der Waals surface area contributed by atoms with Gasteiger partial charge in [0.15, 0.2) is 4.80 Å². The molecule has 24 heavy (non-hydrogen) atoms. The molecule has 0 aliphatic rings. The van der Waals surface area contributed by atoms with Gasteiger partial charge < -0.3 is 9.30 Å². The molecule has 5 heteroatoms. The maximum Gasteiger partial charge on any atom is 0.283 e. The zero-order valence-electron chi connectivity index (χ0n) is 14.3. The Morgan fingerprint density at radius 1 is 1.25 bits per heavy atom. The summed E-state index contributed by atoms with van der Waals surface area (Å²) in [7, 11) is 1.56. The van der Waals surface area contributed by atoms with Gasteiger partial charge in [0.2, 0.25) is 0 Å². The number of aryl methyl sites for hydroxylation is 3. The number of carbonyl (C=O) groups excluding carboxylic acids is 1. The van der Waals surface area contributed by atoms with E-state index in [0.29, 0.717) is 11.3 Å². The summed E-state index contributed by atoms with van der Waals surface area (Å²) in [5.41, 5.74) is 4.03. The average Bonchev–Trinajstić information content (AvgIpc) is 2.92. The number of amides is 1. The van der Waals surface area contributed by atoms with Crippen LogP contribution < -0.4 is 9.54 Å². The molecule has 0 unspecified atom stereocenters. The van der Waals surface area contributed by atoms with Crippen molar-refractivity contribution in [3.8, 4) is 5.75 Å². The van der Waals surface area contributed by atoms with Gasteiger partial charge in [-0.25, -0.2) is 0 Å². The SMILES string of the molecule is CCn1c(=NC(=O)c2ccccc2OC)sc2c(C)cc(C)cc21. The van der Waals surface area contributed by atoms with E-state index in [1.165, 1.54) is 15.8 Å². The van der Waals surface area contributed by atoms with Gasteiger partial charge in [0.25, 0.3) is 5.91 Å². The van der Waals surface area contributed by atoms with Crippen LogP contribution >= 0.6 is 11.3 Å². The minimum atomic E-state index is -0.282. The number of fused-ring (bicyclic) bond motifs is 1. The number of hydrogen-bond acceptors (Lipinski definition) is 3. The van der Waals surface area contributed by atoms with E-state index in [1.54, 1.807) is 30.6 Å². The molecule has 2 aromatic carbocycles. The van der Waals surface area contributed by atoms with Gasteiger partial charge in [0.1, 0.15) is 5.75 Å². The molecule has 124 valence electrons. The molecule has 1 amide bonds. The lowest BCUT2D eigenvalue weighted by atomic mass is 10.1. The fraction of sp³-hybridized carbons (Fsp3) is 0.263. The Kier molecular flexibility index (Phi) is 4.53. The molecule has 0 aliphatic heterocycles. The Labute approximate surface area is 145 Å². The molecule has 3 rings (SSSR count). The van der Waals surface area contributed by atoms with E-state index in [1.807, 2.05) is 12.1 Å². The summed E-state index contributed by atoms with van der Waals surface area (Å²) in [6.07, 6.45) is 0. The molecule has 0 aliphatic carbocycles. The minimum absolute atomic E-state index is 0.282. The second-order valence-electron chi connectivity index (χ2n) is 5.68. The summed E-state index contributed by atoms with van der Waals surface area (Å²) in [5, 5.41) is 0. The summed E-state index contributed by atoms with van der Waals surface area (Å²) < 4.78 is 8.54. The second-order valence-corrected chi connectivity index (χ2v) is 6.65. The van der Waals surface area contributed by atoms with E-state index in [0.717, 1.165) is 16.9 Å².